The van der Waals surface area contributed by atoms with Crippen LogP contribution in [-0.2, 0) is 15.9 Å². The standard InChI is InChI=1S/C16H25NO3/c1-19-15-12-20-11-14(16(15)18)10-17-9-5-8-13-6-3-2-4-7-13/h2-4,6-7,14-18H,5,8-12H2,1H3/t14-,15-,16+/m1/s1. The molecule has 1 heterocycles. The minimum atomic E-state index is -0.435. The molecule has 0 unspecified atom stereocenters. The second-order valence-electron chi connectivity index (χ2n) is 5.36. The third-order valence-corrected chi connectivity index (χ3v) is 3.85. The Bertz CT molecular complexity index is 371. The molecule has 4 nitrogen and oxygen atoms in total. The van der Waals surface area contributed by atoms with Crippen molar-refractivity contribution < 1.29 is 14.6 Å². The summed E-state index contributed by atoms with van der Waals surface area (Å²) in [6, 6.07) is 10.5. The van der Waals surface area contributed by atoms with Gasteiger partial charge in [0.25, 0.3) is 0 Å². The fourth-order valence-electron chi connectivity index (χ4n) is 2.57. The summed E-state index contributed by atoms with van der Waals surface area (Å²) in [6.45, 7) is 2.82. The summed E-state index contributed by atoms with van der Waals surface area (Å²) in [6.07, 6.45) is 1.55. The van der Waals surface area contributed by atoms with E-state index in [1.165, 1.54) is 5.56 Å². The topological polar surface area (TPSA) is 50.7 Å². The Hall–Kier alpha value is -0.940. The van der Waals surface area contributed by atoms with Crippen molar-refractivity contribution in [2.75, 3.05) is 33.4 Å². The monoisotopic (exact) mass is 279 g/mol. The van der Waals surface area contributed by atoms with Crippen molar-refractivity contribution in [3.8, 4) is 0 Å². The van der Waals surface area contributed by atoms with Gasteiger partial charge >= 0.3 is 0 Å². The number of rotatable bonds is 7. The van der Waals surface area contributed by atoms with Crippen molar-refractivity contribution in [3.05, 3.63) is 35.9 Å². The minimum absolute atomic E-state index is 0.116. The van der Waals surface area contributed by atoms with Gasteiger partial charge in [-0.15, -0.1) is 0 Å². The Morgan fingerprint density at radius 1 is 1.30 bits per heavy atom. The normalized spacial score (nSPS) is 26.6. The van der Waals surface area contributed by atoms with E-state index in [4.69, 9.17) is 9.47 Å². The van der Waals surface area contributed by atoms with Gasteiger partial charge in [-0.25, -0.2) is 0 Å². The Labute approximate surface area is 121 Å². The van der Waals surface area contributed by atoms with Crippen molar-refractivity contribution >= 4 is 0 Å². The van der Waals surface area contributed by atoms with Crippen LogP contribution in [0.4, 0.5) is 0 Å². The van der Waals surface area contributed by atoms with Crippen LogP contribution in [0.25, 0.3) is 0 Å². The quantitative estimate of drug-likeness (QED) is 0.737. The number of nitrogens with one attached hydrogen (secondary N) is 1. The molecule has 1 aromatic carbocycles. The molecule has 0 amide bonds. The first-order valence-corrected chi connectivity index (χ1v) is 7.34. The van der Waals surface area contributed by atoms with Crippen LogP contribution in [0, 0.1) is 5.92 Å². The van der Waals surface area contributed by atoms with Crippen LogP contribution in [0.15, 0.2) is 30.3 Å². The molecule has 1 fully saturated rings. The lowest BCUT2D eigenvalue weighted by atomic mass is 9.96. The molecule has 20 heavy (non-hydrogen) atoms. The highest BCUT2D eigenvalue weighted by molar-refractivity contribution is 5.14. The largest absolute Gasteiger partial charge is 0.390 e. The van der Waals surface area contributed by atoms with E-state index in [2.05, 4.69) is 29.6 Å². The number of aliphatic hydroxyl groups is 1. The number of aliphatic hydroxyl groups excluding tert-OH is 1. The molecule has 1 aliphatic rings. The molecule has 0 saturated carbocycles. The fraction of sp³-hybridized carbons (Fsp3) is 0.625. The maximum atomic E-state index is 10.1. The van der Waals surface area contributed by atoms with Gasteiger partial charge in [0, 0.05) is 19.6 Å². The van der Waals surface area contributed by atoms with Gasteiger partial charge in [0.15, 0.2) is 0 Å². The van der Waals surface area contributed by atoms with Crippen molar-refractivity contribution in [1.29, 1.82) is 0 Å². The van der Waals surface area contributed by atoms with E-state index in [1.807, 2.05) is 6.07 Å². The van der Waals surface area contributed by atoms with Crippen molar-refractivity contribution in [3.63, 3.8) is 0 Å². The van der Waals surface area contributed by atoms with E-state index in [0.717, 1.165) is 25.9 Å². The first-order chi connectivity index (χ1) is 9.81. The third-order valence-electron chi connectivity index (χ3n) is 3.85. The molecule has 2 N–H and O–H groups in total. The molecule has 0 aliphatic carbocycles. The van der Waals surface area contributed by atoms with E-state index < -0.39 is 6.10 Å². The van der Waals surface area contributed by atoms with Crippen LogP contribution in [-0.4, -0.2) is 50.7 Å². The molecule has 0 radical (unpaired) electrons. The summed E-state index contributed by atoms with van der Waals surface area (Å²) in [4.78, 5) is 0. The van der Waals surface area contributed by atoms with Gasteiger partial charge < -0.3 is 19.9 Å². The van der Waals surface area contributed by atoms with Crippen LogP contribution in [0.5, 0.6) is 0 Å². The van der Waals surface area contributed by atoms with Crippen LogP contribution < -0.4 is 5.32 Å². The molecule has 1 aromatic rings. The van der Waals surface area contributed by atoms with Crippen LogP contribution in [0.3, 0.4) is 0 Å². The summed E-state index contributed by atoms with van der Waals surface area (Å²) in [5.41, 5.74) is 1.37. The van der Waals surface area contributed by atoms with Crippen molar-refractivity contribution in [2.45, 2.75) is 25.0 Å². The first kappa shape index (κ1) is 15.4. The number of benzene rings is 1. The summed E-state index contributed by atoms with van der Waals surface area (Å²) >= 11 is 0. The average Bonchev–Trinajstić information content (AvgIpc) is 2.49. The number of aryl methyl sites for hydroxylation is 1. The molecular weight excluding hydrogens is 254 g/mol. The van der Waals surface area contributed by atoms with Crippen LogP contribution >= 0.6 is 0 Å². The van der Waals surface area contributed by atoms with Gasteiger partial charge in [0.05, 0.1) is 19.3 Å². The highest BCUT2D eigenvalue weighted by Crippen LogP contribution is 2.16. The van der Waals surface area contributed by atoms with E-state index in [1.54, 1.807) is 7.11 Å². The molecule has 3 atom stereocenters. The number of hydrogen-bond acceptors (Lipinski definition) is 4. The highest BCUT2D eigenvalue weighted by Gasteiger charge is 2.32. The van der Waals surface area contributed by atoms with Gasteiger partial charge in [-0.1, -0.05) is 30.3 Å². The zero-order valence-corrected chi connectivity index (χ0v) is 12.1. The fourth-order valence-corrected chi connectivity index (χ4v) is 2.57. The smallest absolute Gasteiger partial charge is 0.107 e. The molecule has 112 valence electrons. The molecular formula is C16H25NO3. The molecule has 0 aromatic heterocycles. The average molecular weight is 279 g/mol. The van der Waals surface area contributed by atoms with E-state index in [9.17, 15) is 5.11 Å². The predicted molar refractivity (Wildman–Crippen MR) is 78.7 cm³/mol. The lowest BCUT2D eigenvalue weighted by Gasteiger charge is -2.33. The summed E-state index contributed by atoms with van der Waals surface area (Å²) in [7, 11) is 1.62. The highest BCUT2D eigenvalue weighted by atomic mass is 16.5. The van der Waals surface area contributed by atoms with Crippen LogP contribution in [0.1, 0.15) is 12.0 Å². The van der Waals surface area contributed by atoms with Gasteiger partial charge in [-0.2, -0.15) is 0 Å². The SMILES string of the molecule is CO[C@@H]1COC[C@@H](CNCCCc2ccccc2)[C@@H]1O. The summed E-state index contributed by atoms with van der Waals surface area (Å²) in [5, 5.41) is 13.5. The Balaban J connectivity index is 1.61. The molecule has 0 bridgehead atoms. The zero-order valence-electron chi connectivity index (χ0n) is 12.1. The van der Waals surface area contributed by atoms with Crippen molar-refractivity contribution in [1.82, 2.24) is 5.32 Å². The summed E-state index contributed by atoms with van der Waals surface area (Å²) < 4.78 is 10.7. The maximum absolute atomic E-state index is 10.1. The number of hydrogen-bond donors (Lipinski definition) is 2. The Morgan fingerprint density at radius 3 is 2.85 bits per heavy atom. The second-order valence-corrected chi connectivity index (χ2v) is 5.36. The Morgan fingerprint density at radius 2 is 2.10 bits per heavy atom. The molecule has 1 saturated heterocycles. The van der Waals surface area contributed by atoms with E-state index in [-0.39, 0.29) is 12.0 Å². The lowest BCUT2D eigenvalue weighted by Crippen LogP contribution is -2.48. The molecule has 4 heteroatoms. The van der Waals surface area contributed by atoms with Gasteiger partial charge in [0.2, 0.25) is 0 Å². The zero-order chi connectivity index (χ0) is 14.2. The Kier molecular flexibility index (Phi) is 6.47. The van der Waals surface area contributed by atoms with Gasteiger partial charge in [-0.3, -0.25) is 0 Å². The van der Waals surface area contributed by atoms with Gasteiger partial charge in [-0.05, 0) is 24.9 Å². The number of ether oxygens (including phenoxy) is 2. The van der Waals surface area contributed by atoms with Gasteiger partial charge in [0.1, 0.15) is 6.10 Å². The second kappa shape index (κ2) is 8.37. The molecule has 1 aliphatic heterocycles. The summed E-state index contributed by atoms with van der Waals surface area (Å²) in [5.74, 6) is 0.116. The molecule has 2 rings (SSSR count). The third kappa shape index (κ3) is 4.56. The number of methoxy groups -OCH3 is 1. The lowest BCUT2D eigenvalue weighted by molar-refractivity contribution is -0.133. The maximum Gasteiger partial charge on any atom is 0.107 e. The van der Waals surface area contributed by atoms with E-state index in [0.29, 0.717) is 13.2 Å². The minimum Gasteiger partial charge on any atom is -0.390 e. The van der Waals surface area contributed by atoms with Crippen molar-refractivity contribution in [2.24, 2.45) is 5.92 Å². The molecule has 0 spiro atoms. The van der Waals surface area contributed by atoms with E-state index >= 15 is 0 Å². The van der Waals surface area contributed by atoms with Crippen LogP contribution in [0.2, 0.25) is 0 Å². The predicted octanol–water partition coefficient (Wildman–Crippen LogP) is 1.23. The first-order valence-electron chi connectivity index (χ1n) is 7.34.